The SMILES string of the molecule is CCC(O)(c1cc(C(=O)O)c(C(=O)c2ccc(Cl)cc2)c(F)c1C)C1(F)CCOCC1. The molecule has 0 aliphatic carbocycles. The number of carbonyl (C=O) groups is 2. The van der Waals surface area contributed by atoms with Crippen LogP contribution in [0.4, 0.5) is 8.78 Å². The van der Waals surface area contributed by atoms with Gasteiger partial charge >= 0.3 is 5.97 Å². The van der Waals surface area contributed by atoms with Crippen molar-refractivity contribution in [3.8, 4) is 0 Å². The van der Waals surface area contributed by atoms with E-state index in [-0.39, 0.29) is 49.2 Å². The van der Waals surface area contributed by atoms with Gasteiger partial charge in [0.25, 0.3) is 0 Å². The summed E-state index contributed by atoms with van der Waals surface area (Å²) in [6.45, 7) is 3.01. The molecule has 31 heavy (non-hydrogen) atoms. The molecular formula is C23H23ClF2O5. The molecule has 2 aromatic carbocycles. The van der Waals surface area contributed by atoms with Gasteiger partial charge in [-0.3, -0.25) is 4.79 Å². The highest BCUT2D eigenvalue weighted by Gasteiger charge is 2.53. The van der Waals surface area contributed by atoms with Crippen molar-refractivity contribution in [1.82, 2.24) is 0 Å². The molecule has 5 nitrogen and oxygen atoms in total. The molecule has 1 unspecified atom stereocenters. The number of benzene rings is 2. The van der Waals surface area contributed by atoms with Gasteiger partial charge < -0.3 is 14.9 Å². The highest BCUT2D eigenvalue weighted by atomic mass is 35.5. The summed E-state index contributed by atoms with van der Waals surface area (Å²) in [6, 6.07) is 6.61. The number of aromatic carboxylic acids is 1. The lowest BCUT2D eigenvalue weighted by atomic mass is 9.71. The molecule has 0 saturated carbocycles. The number of rotatable bonds is 6. The number of carboxylic acids is 1. The van der Waals surface area contributed by atoms with Gasteiger partial charge in [0, 0.05) is 36.6 Å². The van der Waals surface area contributed by atoms with Gasteiger partial charge in [0.2, 0.25) is 0 Å². The van der Waals surface area contributed by atoms with E-state index in [4.69, 9.17) is 16.3 Å². The number of halogens is 3. The highest BCUT2D eigenvalue weighted by Crippen LogP contribution is 2.47. The average molecular weight is 453 g/mol. The lowest BCUT2D eigenvalue weighted by Crippen LogP contribution is -2.52. The number of carbonyl (C=O) groups excluding carboxylic acids is 1. The Morgan fingerprint density at radius 2 is 1.81 bits per heavy atom. The largest absolute Gasteiger partial charge is 0.478 e. The van der Waals surface area contributed by atoms with Gasteiger partial charge in [0.05, 0.1) is 11.1 Å². The molecule has 2 N–H and O–H groups in total. The van der Waals surface area contributed by atoms with Crippen LogP contribution in [0.1, 0.15) is 63.6 Å². The third-order valence-electron chi connectivity index (χ3n) is 6.06. The lowest BCUT2D eigenvalue weighted by Gasteiger charge is -2.44. The summed E-state index contributed by atoms with van der Waals surface area (Å²) in [4.78, 5) is 24.9. The van der Waals surface area contributed by atoms with E-state index in [1.165, 1.54) is 31.2 Å². The number of hydrogen-bond donors (Lipinski definition) is 2. The first-order chi connectivity index (χ1) is 14.6. The van der Waals surface area contributed by atoms with Gasteiger partial charge in [-0.1, -0.05) is 18.5 Å². The van der Waals surface area contributed by atoms with Crippen molar-refractivity contribution in [2.45, 2.75) is 44.4 Å². The molecule has 0 bridgehead atoms. The normalized spacial score (nSPS) is 17.7. The molecule has 0 spiro atoms. The third kappa shape index (κ3) is 3.97. The number of carboxylic acid groups (broad SMARTS) is 1. The van der Waals surface area contributed by atoms with Crippen LogP contribution >= 0.6 is 11.6 Å². The van der Waals surface area contributed by atoms with E-state index in [1.807, 2.05) is 0 Å². The van der Waals surface area contributed by atoms with Gasteiger partial charge in [-0.25, -0.2) is 13.6 Å². The van der Waals surface area contributed by atoms with Gasteiger partial charge in [-0.15, -0.1) is 0 Å². The van der Waals surface area contributed by atoms with Crippen molar-refractivity contribution >= 4 is 23.4 Å². The van der Waals surface area contributed by atoms with Crippen molar-refractivity contribution < 1.29 is 33.3 Å². The minimum absolute atomic E-state index is 0.0510. The zero-order valence-electron chi connectivity index (χ0n) is 17.2. The van der Waals surface area contributed by atoms with Gasteiger partial charge in [0.1, 0.15) is 17.1 Å². The fraction of sp³-hybridized carbons (Fsp3) is 0.391. The minimum Gasteiger partial charge on any atom is -0.478 e. The van der Waals surface area contributed by atoms with Crippen LogP contribution in [0.25, 0.3) is 0 Å². The van der Waals surface area contributed by atoms with E-state index >= 15 is 8.78 Å². The average Bonchev–Trinajstić information content (AvgIpc) is 2.75. The first-order valence-corrected chi connectivity index (χ1v) is 10.3. The summed E-state index contributed by atoms with van der Waals surface area (Å²) < 4.78 is 36.5. The van der Waals surface area contributed by atoms with Crippen LogP contribution in [0.3, 0.4) is 0 Å². The van der Waals surface area contributed by atoms with E-state index < -0.39 is 40.0 Å². The standard InChI is InChI=1S/C23H23ClF2O5/c1-3-23(30,22(26)8-10-31-11-9-22)17-12-16(21(28)29)18(19(25)13(17)2)20(27)14-4-6-15(24)7-5-14/h4-7,12,30H,3,8-11H2,1-2H3,(H,28,29). The number of alkyl halides is 1. The van der Waals surface area contributed by atoms with Crippen molar-refractivity contribution in [2.24, 2.45) is 0 Å². The second kappa shape index (κ2) is 8.65. The Kier molecular flexibility index (Phi) is 6.51. The van der Waals surface area contributed by atoms with Crippen LogP contribution < -0.4 is 0 Å². The molecule has 166 valence electrons. The Labute approximate surface area is 183 Å². The minimum atomic E-state index is -2.15. The van der Waals surface area contributed by atoms with E-state index in [0.29, 0.717) is 5.02 Å². The maximum atomic E-state index is 15.8. The fourth-order valence-electron chi connectivity index (χ4n) is 4.17. The Morgan fingerprint density at radius 1 is 1.23 bits per heavy atom. The van der Waals surface area contributed by atoms with Crippen LogP contribution in [-0.2, 0) is 10.3 Å². The summed E-state index contributed by atoms with van der Waals surface area (Å²) in [5, 5.41) is 21.5. The van der Waals surface area contributed by atoms with Crippen LogP contribution in [0.15, 0.2) is 30.3 Å². The molecule has 1 heterocycles. The summed E-state index contributed by atoms with van der Waals surface area (Å²) in [5.74, 6) is -3.50. The molecule has 1 fully saturated rings. The van der Waals surface area contributed by atoms with E-state index in [9.17, 15) is 19.8 Å². The monoisotopic (exact) mass is 452 g/mol. The lowest BCUT2D eigenvalue weighted by molar-refractivity contribution is -0.155. The maximum Gasteiger partial charge on any atom is 0.336 e. The topological polar surface area (TPSA) is 83.8 Å². The molecular weight excluding hydrogens is 430 g/mol. The van der Waals surface area contributed by atoms with E-state index in [2.05, 4.69) is 0 Å². The molecule has 0 aromatic heterocycles. The number of hydrogen-bond acceptors (Lipinski definition) is 4. The predicted octanol–water partition coefficient (Wildman–Crippen LogP) is 4.83. The van der Waals surface area contributed by atoms with E-state index in [1.54, 1.807) is 6.92 Å². The second-order valence-corrected chi connectivity index (χ2v) is 8.15. The van der Waals surface area contributed by atoms with Crippen molar-refractivity contribution in [3.63, 3.8) is 0 Å². The Hall–Kier alpha value is -2.35. The summed E-state index contributed by atoms with van der Waals surface area (Å²) >= 11 is 5.82. The summed E-state index contributed by atoms with van der Waals surface area (Å²) in [7, 11) is 0. The molecule has 8 heteroatoms. The summed E-state index contributed by atoms with van der Waals surface area (Å²) in [5.41, 5.74) is -5.86. The quantitative estimate of drug-likeness (QED) is 0.613. The zero-order chi connectivity index (χ0) is 23.0. The van der Waals surface area contributed by atoms with Crippen LogP contribution in [-0.4, -0.2) is 40.8 Å². The number of aliphatic hydroxyl groups is 1. The predicted molar refractivity (Wildman–Crippen MR) is 111 cm³/mol. The van der Waals surface area contributed by atoms with Crippen molar-refractivity contribution in [1.29, 1.82) is 0 Å². The molecule has 2 aromatic rings. The smallest absolute Gasteiger partial charge is 0.336 e. The van der Waals surface area contributed by atoms with Crippen LogP contribution in [0.5, 0.6) is 0 Å². The maximum absolute atomic E-state index is 15.8. The molecule has 3 rings (SSSR count). The fourth-order valence-corrected chi connectivity index (χ4v) is 4.30. The first-order valence-electron chi connectivity index (χ1n) is 9.92. The van der Waals surface area contributed by atoms with Crippen molar-refractivity contribution in [2.75, 3.05) is 13.2 Å². The van der Waals surface area contributed by atoms with Crippen LogP contribution in [0.2, 0.25) is 5.02 Å². The molecule has 0 radical (unpaired) electrons. The molecule has 0 amide bonds. The number of ketones is 1. The second-order valence-electron chi connectivity index (χ2n) is 7.72. The zero-order valence-corrected chi connectivity index (χ0v) is 17.9. The molecule has 1 aliphatic rings. The van der Waals surface area contributed by atoms with Gasteiger partial charge in [0.15, 0.2) is 5.78 Å². The van der Waals surface area contributed by atoms with Crippen molar-refractivity contribution in [3.05, 3.63) is 69.0 Å². The third-order valence-corrected chi connectivity index (χ3v) is 6.31. The Morgan fingerprint density at radius 3 is 2.32 bits per heavy atom. The summed E-state index contributed by atoms with van der Waals surface area (Å²) in [6.07, 6.45) is -0.355. The van der Waals surface area contributed by atoms with Crippen LogP contribution in [0, 0.1) is 12.7 Å². The Balaban J connectivity index is 2.22. The molecule has 1 aliphatic heterocycles. The molecule has 1 atom stereocenters. The van der Waals surface area contributed by atoms with Gasteiger partial charge in [-0.05, 0) is 54.8 Å². The van der Waals surface area contributed by atoms with E-state index in [0.717, 1.165) is 6.07 Å². The first kappa shape index (κ1) is 23.3. The molecule has 1 saturated heterocycles. The number of ether oxygens (including phenoxy) is 1. The highest BCUT2D eigenvalue weighted by molar-refractivity contribution is 6.30. The van der Waals surface area contributed by atoms with Gasteiger partial charge in [-0.2, -0.15) is 0 Å². The Bertz CT molecular complexity index is 1020.